The third-order valence-corrected chi connectivity index (χ3v) is 2.67. The summed E-state index contributed by atoms with van der Waals surface area (Å²) in [7, 11) is 1.70. The van der Waals surface area contributed by atoms with E-state index in [4.69, 9.17) is 4.74 Å². The first-order valence-corrected chi connectivity index (χ1v) is 5.46. The Labute approximate surface area is 96.3 Å². The van der Waals surface area contributed by atoms with Crippen LogP contribution in [0.3, 0.4) is 0 Å². The molecule has 0 radical (unpaired) electrons. The first-order chi connectivity index (χ1) is 7.52. The Balaban J connectivity index is 2.73. The maximum Gasteiger partial charge on any atom is 0.130 e. The van der Waals surface area contributed by atoms with E-state index in [2.05, 4.69) is 25.8 Å². The number of pyridine rings is 1. The van der Waals surface area contributed by atoms with Crippen LogP contribution in [0.5, 0.6) is 5.75 Å². The van der Waals surface area contributed by atoms with Crippen molar-refractivity contribution in [3.8, 4) is 5.75 Å². The Bertz CT molecular complexity index is 512. The van der Waals surface area contributed by atoms with E-state index in [0.717, 1.165) is 22.3 Å². The first-order valence-electron chi connectivity index (χ1n) is 5.46. The molecule has 0 saturated heterocycles. The lowest BCUT2D eigenvalue weighted by molar-refractivity contribution is 0.417. The average Bonchev–Trinajstić information content (AvgIpc) is 2.26. The van der Waals surface area contributed by atoms with Gasteiger partial charge in [-0.05, 0) is 12.1 Å². The van der Waals surface area contributed by atoms with E-state index in [1.807, 2.05) is 30.3 Å². The quantitative estimate of drug-likeness (QED) is 0.726. The lowest BCUT2D eigenvalue weighted by Gasteiger charge is -2.19. The van der Waals surface area contributed by atoms with Crippen LogP contribution >= 0.6 is 0 Å². The van der Waals surface area contributed by atoms with Gasteiger partial charge in [0.25, 0.3) is 0 Å². The zero-order valence-electron chi connectivity index (χ0n) is 10.2. The van der Waals surface area contributed by atoms with Crippen molar-refractivity contribution in [1.82, 2.24) is 4.98 Å². The number of nitrogens with zero attached hydrogens (tertiary/aromatic N) is 1. The fraction of sp³-hybridized carbons (Fsp3) is 0.357. The summed E-state index contributed by atoms with van der Waals surface area (Å²) < 4.78 is 5.42. The smallest absolute Gasteiger partial charge is 0.130 e. The molecule has 0 saturated carbocycles. The maximum absolute atomic E-state index is 5.42. The minimum Gasteiger partial charge on any atom is -0.496 e. The number of benzene rings is 1. The fourth-order valence-corrected chi connectivity index (χ4v) is 1.70. The molecule has 2 heteroatoms. The molecule has 0 unspecified atom stereocenters. The van der Waals surface area contributed by atoms with Gasteiger partial charge in [0.15, 0.2) is 0 Å². The van der Waals surface area contributed by atoms with E-state index < -0.39 is 0 Å². The van der Waals surface area contributed by atoms with Crippen molar-refractivity contribution in [2.45, 2.75) is 26.2 Å². The van der Waals surface area contributed by atoms with E-state index in [0.29, 0.717) is 0 Å². The largest absolute Gasteiger partial charge is 0.496 e. The molecule has 0 bridgehead atoms. The summed E-state index contributed by atoms with van der Waals surface area (Å²) in [5.74, 6) is 0.899. The van der Waals surface area contributed by atoms with Gasteiger partial charge in [0.05, 0.1) is 18.3 Å². The van der Waals surface area contributed by atoms with Crippen molar-refractivity contribution >= 4 is 10.9 Å². The van der Waals surface area contributed by atoms with Crippen molar-refractivity contribution in [3.63, 3.8) is 0 Å². The first kappa shape index (κ1) is 10.9. The molecule has 0 amide bonds. The molecular formula is C14H17NO. The molecule has 16 heavy (non-hydrogen) atoms. The van der Waals surface area contributed by atoms with Gasteiger partial charge in [-0.1, -0.05) is 32.9 Å². The molecule has 2 aromatic rings. The van der Waals surface area contributed by atoms with Gasteiger partial charge in [0.2, 0.25) is 0 Å². The van der Waals surface area contributed by atoms with E-state index in [1.165, 1.54) is 0 Å². The molecule has 0 aliphatic carbocycles. The van der Waals surface area contributed by atoms with E-state index in [-0.39, 0.29) is 5.41 Å². The van der Waals surface area contributed by atoms with E-state index in [9.17, 15) is 0 Å². The second-order valence-electron chi connectivity index (χ2n) is 4.98. The molecule has 1 aromatic heterocycles. The average molecular weight is 215 g/mol. The van der Waals surface area contributed by atoms with E-state index in [1.54, 1.807) is 7.11 Å². The van der Waals surface area contributed by atoms with Crippen molar-refractivity contribution in [3.05, 3.63) is 36.0 Å². The summed E-state index contributed by atoms with van der Waals surface area (Å²) in [6.07, 6.45) is 0. The number of fused-ring (bicyclic) bond motifs is 1. The van der Waals surface area contributed by atoms with Gasteiger partial charge in [-0.25, -0.2) is 0 Å². The standard InChI is InChI=1S/C14H17NO/c1-14(2,3)13-9-12(16-4)10-7-5-6-8-11(10)15-13/h5-9H,1-4H3. The van der Waals surface area contributed by atoms with Crippen molar-refractivity contribution in [1.29, 1.82) is 0 Å². The maximum atomic E-state index is 5.42. The Kier molecular flexibility index (Phi) is 2.58. The van der Waals surface area contributed by atoms with Crippen LogP contribution in [0.15, 0.2) is 30.3 Å². The van der Waals surface area contributed by atoms with E-state index >= 15 is 0 Å². The molecule has 2 rings (SSSR count). The SMILES string of the molecule is COc1cc(C(C)(C)C)nc2ccccc12. The minimum atomic E-state index is 0.0390. The normalized spacial score (nSPS) is 11.8. The van der Waals surface area contributed by atoms with Gasteiger partial charge in [-0.15, -0.1) is 0 Å². The van der Waals surface area contributed by atoms with Gasteiger partial charge in [0, 0.05) is 16.9 Å². The topological polar surface area (TPSA) is 22.1 Å². The second kappa shape index (κ2) is 3.78. The van der Waals surface area contributed by atoms with Crippen LogP contribution in [0.25, 0.3) is 10.9 Å². The molecule has 1 aromatic carbocycles. The number of rotatable bonds is 1. The summed E-state index contributed by atoms with van der Waals surface area (Å²) >= 11 is 0. The molecule has 0 N–H and O–H groups in total. The van der Waals surface area contributed by atoms with Crippen LogP contribution in [0.2, 0.25) is 0 Å². The van der Waals surface area contributed by atoms with Crippen LogP contribution < -0.4 is 4.74 Å². The predicted octanol–water partition coefficient (Wildman–Crippen LogP) is 3.54. The molecule has 0 fully saturated rings. The lowest BCUT2D eigenvalue weighted by Crippen LogP contribution is -2.13. The third-order valence-electron chi connectivity index (χ3n) is 2.67. The van der Waals surface area contributed by atoms with Crippen LogP contribution in [0.4, 0.5) is 0 Å². The number of para-hydroxylation sites is 1. The van der Waals surface area contributed by atoms with Gasteiger partial charge in [0.1, 0.15) is 5.75 Å². The zero-order chi connectivity index (χ0) is 11.8. The number of hydrogen-bond donors (Lipinski definition) is 0. The molecule has 0 aliphatic rings. The highest BCUT2D eigenvalue weighted by Crippen LogP contribution is 2.30. The highest BCUT2D eigenvalue weighted by atomic mass is 16.5. The van der Waals surface area contributed by atoms with Crippen molar-refractivity contribution in [2.24, 2.45) is 0 Å². The molecular weight excluding hydrogens is 198 g/mol. The Hall–Kier alpha value is -1.57. The third kappa shape index (κ3) is 1.87. The number of hydrogen-bond acceptors (Lipinski definition) is 2. The van der Waals surface area contributed by atoms with Crippen LogP contribution in [-0.2, 0) is 5.41 Å². The highest BCUT2D eigenvalue weighted by Gasteiger charge is 2.17. The Morgan fingerprint density at radius 1 is 1.12 bits per heavy atom. The van der Waals surface area contributed by atoms with Gasteiger partial charge >= 0.3 is 0 Å². The monoisotopic (exact) mass is 215 g/mol. The Morgan fingerprint density at radius 2 is 1.81 bits per heavy atom. The van der Waals surface area contributed by atoms with Crippen molar-refractivity contribution in [2.75, 3.05) is 7.11 Å². The lowest BCUT2D eigenvalue weighted by atomic mass is 9.91. The molecule has 1 heterocycles. The molecule has 84 valence electrons. The van der Waals surface area contributed by atoms with Crippen LogP contribution in [0, 0.1) is 0 Å². The summed E-state index contributed by atoms with van der Waals surface area (Å²) in [5, 5.41) is 1.07. The predicted molar refractivity (Wildman–Crippen MR) is 67.0 cm³/mol. The molecule has 0 atom stereocenters. The summed E-state index contributed by atoms with van der Waals surface area (Å²) in [6.45, 7) is 6.47. The summed E-state index contributed by atoms with van der Waals surface area (Å²) in [5.41, 5.74) is 2.09. The Morgan fingerprint density at radius 3 is 2.44 bits per heavy atom. The van der Waals surface area contributed by atoms with Gasteiger partial charge in [-0.2, -0.15) is 0 Å². The molecule has 0 aliphatic heterocycles. The molecule has 0 spiro atoms. The highest BCUT2D eigenvalue weighted by molar-refractivity contribution is 5.85. The summed E-state index contributed by atoms with van der Waals surface area (Å²) in [4.78, 5) is 4.68. The van der Waals surface area contributed by atoms with Gasteiger partial charge in [-0.3, -0.25) is 4.98 Å². The number of aromatic nitrogens is 1. The zero-order valence-corrected chi connectivity index (χ0v) is 10.2. The number of methoxy groups -OCH3 is 1. The van der Waals surface area contributed by atoms with Gasteiger partial charge < -0.3 is 4.74 Å². The van der Waals surface area contributed by atoms with Crippen molar-refractivity contribution < 1.29 is 4.74 Å². The fourth-order valence-electron chi connectivity index (χ4n) is 1.70. The minimum absolute atomic E-state index is 0.0390. The second-order valence-corrected chi connectivity index (χ2v) is 4.98. The molecule has 2 nitrogen and oxygen atoms in total. The summed E-state index contributed by atoms with van der Waals surface area (Å²) in [6, 6.07) is 10.1. The van der Waals surface area contributed by atoms with Crippen LogP contribution in [-0.4, -0.2) is 12.1 Å². The van der Waals surface area contributed by atoms with Crippen LogP contribution in [0.1, 0.15) is 26.5 Å². The number of ether oxygens (including phenoxy) is 1.